The van der Waals surface area contributed by atoms with E-state index in [1.54, 1.807) is 29.2 Å². The number of hydrogen-bond acceptors (Lipinski definition) is 4. The first-order valence-corrected chi connectivity index (χ1v) is 13.1. The van der Waals surface area contributed by atoms with Gasteiger partial charge in [0.15, 0.2) is 0 Å². The van der Waals surface area contributed by atoms with Gasteiger partial charge in [-0.3, -0.25) is 4.79 Å². The van der Waals surface area contributed by atoms with Crippen molar-refractivity contribution < 1.29 is 17.6 Å². The highest BCUT2D eigenvalue weighted by Gasteiger charge is 2.32. The molecule has 0 aliphatic rings. The molecule has 0 radical (unpaired) electrons. The highest BCUT2D eigenvalue weighted by molar-refractivity contribution is 7.89. The lowest BCUT2D eigenvalue weighted by atomic mass is 10.1. The molecular weight excluding hydrogens is 448 g/mol. The van der Waals surface area contributed by atoms with Crippen LogP contribution in [0.1, 0.15) is 42.9 Å². The first-order valence-electron chi connectivity index (χ1n) is 11.7. The van der Waals surface area contributed by atoms with E-state index in [2.05, 4.69) is 0 Å². The number of carbonyl (C=O) groups is 1. The van der Waals surface area contributed by atoms with Crippen molar-refractivity contribution in [3.05, 3.63) is 89.4 Å². The molecule has 1 unspecified atom stereocenters. The predicted octanol–water partition coefficient (Wildman–Crippen LogP) is 4.96. The number of sulfonamides is 1. The summed E-state index contributed by atoms with van der Waals surface area (Å²) in [5.41, 5.74) is 2.09. The predicted molar refractivity (Wildman–Crippen MR) is 134 cm³/mol. The molecule has 0 N–H and O–H groups in total. The Morgan fingerprint density at radius 3 is 2.24 bits per heavy atom. The smallest absolute Gasteiger partial charge is 0.243 e. The zero-order valence-corrected chi connectivity index (χ0v) is 21.2. The molecule has 2 aromatic carbocycles. The van der Waals surface area contributed by atoms with E-state index in [9.17, 15) is 13.2 Å². The van der Waals surface area contributed by atoms with Gasteiger partial charge in [0.25, 0.3) is 0 Å². The summed E-state index contributed by atoms with van der Waals surface area (Å²) in [7, 11) is -3.83. The van der Waals surface area contributed by atoms with E-state index in [-0.39, 0.29) is 23.4 Å². The number of rotatable bonds is 11. The molecule has 34 heavy (non-hydrogen) atoms. The zero-order valence-electron chi connectivity index (χ0n) is 20.4. The lowest BCUT2D eigenvalue weighted by Crippen LogP contribution is -2.46. The fraction of sp³-hybridized carbons (Fsp3) is 0.370. The standard InChI is InChI=1S/C27H34N2O4S/c1-5-22(3)29(34(31,32)26-15-11-21(2)12-16-26)20-27(30)28(19-25-14-13-23(4)33-25)18-17-24-9-7-6-8-10-24/h6-16,22H,5,17-20H2,1-4H3. The second-order valence-electron chi connectivity index (χ2n) is 8.68. The number of hydrogen-bond donors (Lipinski definition) is 0. The number of carbonyl (C=O) groups excluding carboxylic acids is 1. The van der Waals surface area contributed by atoms with Gasteiger partial charge in [0.1, 0.15) is 11.5 Å². The molecule has 0 saturated carbocycles. The molecule has 6 nitrogen and oxygen atoms in total. The second kappa shape index (κ2) is 11.5. The molecule has 1 amide bonds. The average molecular weight is 483 g/mol. The van der Waals surface area contributed by atoms with Crippen molar-refractivity contribution in [2.75, 3.05) is 13.1 Å². The molecular formula is C27H34N2O4S. The lowest BCUT2D eigenvalue weighted by molar-refractivity contribution is -0.132. The fourth-order valence-corrected chi connectivity index (χ4v) is 5.37. The van der Waals surface area contributed by atoms with Crippen LogP contribution < -0.4 is 0 Å². The molecule has 1 heterocycles. The molecule has 0 spiro atoms. The van der Waals surface area contributed by atoms with Gasteiger partial charge in [0.05, 0.1) is 18.0 Å². The summed E-state index contributed by atoms with van der Waals surface area (Å²) in [5, 5.41) is 0. The number of aryl methyl sites for hydroxylation is 2. The average Bonchev–Trinajstić information content (AvgIpc) is 3.24. The topological polar surface area (TPSA) is 70.8 Å². The normalized spacial score (nSPS) is 12.6. The van der Waals surface area contributed by atoms with Crippen molar-refractivity contribution in [1.29, 1.82) is 0 Å². The summed E-state index contributed by atoms with van der Waals surface area (Å²) >= 11 is 0. The quantitative estimate of drug-likeness (QED) is 0.387. The van der Waals surface area contributed by atoms with Crippen LogP contribution in [0, 0.1) is 13.8 Å². The minimum Gasteiger partial charge on any atom is -0.464 e. The molecule has 0 bridgehead atoms. The Morgan fingerprint density at radius 2 is 1.65 bits per heavy atom. The van der Waals surface area contributed by atoms with Gasteiger partial charge in [0, 0.05) is 12.6 Å². The van der Waals surface area contributed by atoms with Gasteiger partial charge in [-0.25, -0.2) is 8.42 Å². The summed E-state index contributed by atoms with van der Waals surface area (Å²) in [6.07, 6.45) is 1.26. The van der Waals surface area contributed by atoms with Gasteiger partial charge >= 0.3 is 0 Å². The van der Waals surface area contributed by atoms with Crippen LogP contribution in [0.25, 0.3) is 0 Å². The van der Waals surface area contributed by atoms with Gasteiger partial charge in [-0.05, 0) is 63.4 Å². The van der Waals surface area contributed by atoms with Crippen molar-refractivity contribution in [3.63, 3.8) is 0 Å². The maximum Gasteiger partial charge on any atom is 0.243 e. The van der Waals surface area contributed by atoms with E-state index in [4.69, 9.17) is 4.42 Å². The van der Waals surface area contributed by atoms with Crippen LogP contribution >= 0.6 is 0 Å². The molecule has 0 aliphatic carbocycles. The summed E-state index contributed by atoms with van der Waals surface area (Å²) < 4.78 is 34.0. The van der Waals surface area contributed by atoms with E-state index < -0.39 is 10.0 Å². The van der Waals surface area contributed by atoms with Crippen LogP contribution in [0.15, 0.2) is 76.0 Å². The van der Waals surface area contributed by atoms with E-state index in [1.165, 1.54) is 4.31 Å². The van der Waals surface area contributed by atoms with Crippen molar-refractivity contribution in [3.8, 4) is 0 Å². The summed E-state index contributed by atoms with van der Waals surface area (Å²) in [6, 6.07) is 20.1. The van der Waals surface area contributed by atoms with Crippen LogP contribution in [0.5, 0.6) is 0 Å². The zero-order chi connectivity index (χ0) is 24.7. The number of amides is 1. The van der Waals surface area contributed by atoms with Gasteiger partial charge in [-0.1, -0.05) is 55.0 Å². The van der Waals surface area contributed by atoms with Crippen molar-refractivity contribution >= 4 is 15.9 Å². The van der Waals surface area contributed by atoms with Gasteiger partial charge < -0.3 is 9.32 Å². The maximum atomic E-state index is 13.5. The second-order valence-corrected chi connectivity index (χ2v) is 10.6. The largest absolute Gasteiger partial charge is 0.464 e. The summed E-state index contributed by atoms with van der Waals surface area (Å²) in [5.74, 6) is 1.20. The van der Waals surface area contributed by atoms with Crippen molar-refractivity contribution in [2.45, 2.75) is 58.0 Å². The van der Waals surface area contributed by atoms with Crippen LogP contribution in [-0.2, 0) is 27.8 Å². The highest BCUT2D eigenvalue weighted by atomic mass is 32.2. The summed E-state index contributed by atoms with van der Waals surface area (Å²) in [6.45, 7) is 8.06. The monoisotopic (exact) mass is 482 g/mol. The molecule has 3 rings (SSSR count). The lowest BCUT2D eigenvalue weighted by Gasteiger charge is -2.30. The molecule has 182 valence electrons. The van der Waals surface area contributed by atoms with Crippen LogP contribution in [-0.4, -0.2) is 42.7 Å². The molecule has 1 atom stereocenters. The molecule has 0 fully saturated rings. The first kappa shape index (κ1) is 25.7. The Bertz CT molecular complexity index is 1170. The molecule has 7 heteroatoms. The van der Waals surface area contributed by atoms with Crippen LogP contribution in [0.2, 0.25) is 0 Å². The minimum atomic E-state index is -3.83. The van der Waals surface area contributed by atoms with Crippen LogP contribution in [0.3, 0.4) is 0 Å². The molecule has 3 aromatic rings. The maximum absolute atomic E-state index is 13.5. The van der Waals surface area contributed by atoms with E-state index >= 15 is 0 Å². The number of benzene rings is 2. The number of nitrogens with zero attached hydrogens (tertiary/aromatic N) is 2. The van der Waals surface area contributed by atoms with Crippen molar-refractivity contribution in [2.24, 2.45) is 0 Å². The third-order valence-corrected chi connectivity index (χ3v) is 7.98. The van der Waals surface area contributed by atoms with Crippen molar-refractivity contribution in [1.82, 2.24) is 9.21 Å². The Labute approximate surface area is 203 Å². The summed E-state index contributed by atoms with van der Waals surface area (Å²) in [4.78, 5) is 15.4. The molecule has 0 saturated heterocycles. The Kier molecular flexibility index (Phi) is 8.69. The van der Waals surface area contributed by atoms with Gasteiger partial charge in [0.2, 0.25) is 15.9 Å². The van der Waals surface area contributed by atoms with E-state index in [0.29, 0.717) is 31.7 Å². The first-order chi connectivity index (χ1) is 16.2. The Hall–Kier alpha value is -2.90. The third-order valence-electron chi connectivity index (χ3n) is 6.01. The van der Waals surface area contributed by atoms with E-state index in [1.807, 2.05) is 70.2 Å². The van der Waals surface area contributed by atoms with Crippen LogP contribution in [0.4, 0.5) is 0 Å². The number of furan rings is 1. The third kappa shape index (κ3) is 6.58. The van der Waals surface area contributed by atoms with Gasteiger partial charge in [-0.2, -0.15) is 4.31 Å². The molecule has 1 aromatic heterocycles. The highest BCUT2D eigenvalue weighted by Crippen LogP contribution is 2.21. The Balaban J connectivity index is 1.84. The van der Waals surface area contributed by atoms with E-state index in [0.717, 1.165) is 16.9 Å². The fourth-order valence-electron chi connectivity index (χ4n) is 3.72. The molecule has 0 aliphatic heterocycles. The van der Waals surface area contributed by atoms with Gasteiger partial charge in [-0.15, -0.1) is 0 Å². The minimum absolute atomic E-state index is 0.198. The SMILES string of the molecule is CCC(C)N(CC(=O)N(CCc1ccccc1)Cc1ccc(C)o1)S(=O)(=O)c1ccc(C)cc1. The Morgan fingerprint density at radius 1 is 0.971 bits per heavy atom.